The number of rotatable bonds is 6. The molecule has 0 radical (unpaired) electrons. The Labute approximate surface area is 156 Å². The number of benzene rings is 2. The first kappa shape index (κ1) is 18.3. The topological polar surface area (TPSA) is 93.9 Å². The van der Waals surface area contributed by atoms with Crippen LogP contribution in [0.1, 0.15) is 12.5 Å². The van der Waals surface area contributed by atoms with Crippen LogP contribution in [0.15, 0.2) is 54.6 Å². The summed E-state index contributed by atoms with van der Waals surface area (Å²) < 4.78 is 13.9. The quantitative estimate of drug-likeness (QED) is 0.618. The Bertz CT molecular complexity index is 972. The highest BCUT2D eigenvalue weighted by Gasteiger charge is 2.12. The van der Waals surface area contributed by atoms with Gasteiger partial charge in [-0.25, -0.2) is 9.37 Å². The summed E-state index contributed by atoms with van der Waals surface area (Å²) in [6.07, 6.45) is 0. The Morgan fingerprint density at radius 2 is 1.93 bits per heavy atom. The van der Waals surface area contributed by atoms with Crippen molar-refractivity contribution in [2.75, 3.05) is 17.2 Å². The molecule has 0 unspecified atom stereocenters. The zero-order valence-electron chi connectivity index (χ0n) is 14.6. The summed E-state index contributed by atoms with van der Waals surface area (Å²) in [7, 11) is 0. The van der Waals surface area contributed by atoms with Crippen LogP contribution in [0.4, 0.5) is 21.8 Å². The summed E-state index contributed by atoms with van der Waals surface area (Å²) in [5.74, 6) is 0.112. The molecule has 0 fully saturated rings. The number of hydrogen-bond donors (Lipinski definition) is 3. The molecule has 0 aliphatic carbocycles. The van der Waals surface area contributed by atoms with E-state index in [2.05, 4.69) is 20.6 Å². The van der Waals surface area contributed by atoms with Crippen molar-refractivity contribution in [1.82, 2.24) is 9.97 Å². The second-order valence-electron chi connectivity index (χ2n) is 5.96. The average molecular weight is 363 g/mol. The van der Waals surface area contributed by atoms with Crippen LogP contribution in [0.2, 0.25) is 0 Å². The van der Waals surface area contributed by atoms with E-state index in [1.807, 2.05) is 36.4 Å². The molecule has 136 valence electrons. The van der Waals surface area contributed by atoms with Crippen molar-refractivity contribution in [2.45, 2.75) is 13.0 Å². The number of hydrogen-bond acceptors (Lipinski definition) is 6. The molecule has 1 heterocycles. The van der Waals surface area contributed by atoms with E-state index in [0.29, 0.717) is 23.1 Å². The molecule has 3 rings (SSSR count). The van der Waals surface area contributed by atoms with Gasteiger partial charge in [0.1, 0.15) is 23.3 Å². The van der Waals surface area contributed by atoms with E-state index < -0.39 is 5.82 Å². The van der Waals surface area contributed by atoms with Crippen molar-refractivity contribution in [3.63, 3.8) is 0 Å². The number of anilines is 3. The molecule has 1 atom stereocenters. The molecule has 7 heteroatoms. The van der Waals surface area contributed by atoms with Gasteiger partial charge in [0.25, 0.3) is 0 Å². The van der Waals surface area contributed by atoms with Crippen LogP contribution in [-0.2, 0) is 0 Å². The van der Waals surface area contributed by atoms with Gasteiger partial charge in [-0.05, 0) is 19.1 Å². The number of aliphatic hydroxyl groups excluding tert-OH is 1. The van der Waals surface area contributed by atoms with Gasteiger partial charge < -0.3 is 15.7 Å². The molecule has 3 N–H and O–H groups in total. The van der Waals surface area contributed by atoms with E-state index in [-0.39, 0.29) is 18.2 Å². The van der Waals surface area contributed by atoms with E-state index in [9.17, 15) is 14.8 Å². The van der Waals surface area contributed by atoms with E-state index in [4.69, 9.17) is 0 Å². The van der Waals surface area contributed by atoms with Gasteiger partial charge >= 0.3 is 0 Å². The lowest BCUT2D eigenvalue weighted by atomic mass is 10.1. The maximum Gasteiger partial charge on any atom is 0.225 e. The molecular formula is C20H18FN5O. The Balaban J connectivity index is 2.03. The first-order chi connectivity index (χ1) is 13.1. The van der Waals surface area contributed by atoms with Gasteiger partial charge in [-0.15, -0.1) is 0 Å². The van der Waals surface area contributed by atoms with Crippen molar-refractivity contribution in [1.29, 1.82) is 5.26 Å². The SMILES string of the molecule is C[C@@H](CO)Nc1nc(Nc2cccc(F)c2C#N)cc(-c2ccccc2)n1. The molecule has 2 aromatic carbocycles. The lowest BCUT2D eigenvalue weighted by molar-refractivity contribution is 0.281. The van der Waals surface area contributed by atoms with Crippen LogP contribution < -0.4 is 10.6 Å². The molecule has 27 heavy (non-hydrogen) atoms. The molecular weight excluding hydrogens is 345 g/mol. The molecule has 3 aromatic rings. The lowest BCUT2D eigenvalue weighted by Gasteiger charge is -2.15. The van der Waals surface area contributed by atoms with Crippen molar-refractivity contribution in [3.8, 4) is 17.3 Å². The average Bonchev–Trinajstić information content (AvgIpc) is 2.68. The fourth-order valence-corrected chi connectivity index (χ4v) is 2.48. The Morgan fingerprint density at radius 1 is 1.15 bits per heavy atom. The summed E-state index contributed by atoms with van der Waals surface area (Å²) >= 11 is 0. The first-order valence-electron chi connectivity index (χ1n) is 8.38. The van der Waals surface area contributed by atoms with Crippen LogP contribution >= 0.6 is 0 Å². The van der Waals surface area contributed by atoms with Gasteiger partial charge in [-0.1, -0.05) is 36.4 Å². The Hall–Kier alpha value is -3.50. The van der Waals surface area contributed by atoms with Gasteiger partial charge in [0.2, 0.25) is 5.95 Å². The molecule has 6 nitrogen and oxygen atoms in total. The molecule has 0 spiro atoms. The van der Waals surface area contributed by atoms with Gasteiger partial charge in [0, 0.05) is 17.7 Å². The Kier molecular flexibility index (Phi) is 5.59. The molecule has 0 amide bonds. The normalized spacial score (nSPS) is 11.5. The zero-order chi connectivity index (χ0) is 19.2. The summed E-state index contributed by atoms with van der Waals surface area (Å²) in [5, 5.41) is 24.5. The fraction of sp³-hybridized carbons (Fsp3) is 0.150. The highest BCUT2D eigenvalue weighted by molar-refractivity contribution is 5.70. The minimum Gasteiger partial charge on any atom is -0.394 e. The van der Waals surface area contributed by atoms with E-state index in [1.165, 1.54) is 12.1 Å². The third kappa shape index (κ3) is 4.37. The van der Waals surface area contributed by atoms with Crippen LogP contribution in [0.25, 0.3) is 11.3 Å². The first-order valence-corrected chi connectivity index (χ1v) is 8.38. The van der Waals surface area contributed by atoms with E-state index in [1.54, 1.807) is 19.1 Å². The number of halogens is 1. The Morgan fingerprint density at radius 3 is 2.63 bits per heavy atom. The highest BCUT2D eigenvalue weighted by Crippen LogP contribution is 2.26. The standard InChI is InChI=1S/C20H18FN5O/c1-13(12-27)23-20-25-18(14-6-3-2-4-7-14)10-19(26-20)24-17-9-5-8-16(21)15(17)11-22/h2-10,13,27H,12H2,1H3,(H2,23,24,25,26)/t13-/m0/s1. The minimum atomic E-state index is -0.605. The number of nitriles is 1. The van der Waals surface area contributed by atoms with Crippen LogP contribution in [-0.4, -0.2) is 27.7 Å². The van der Waals surface area contributed by atoms with Crippen molar-refractivity contribution >= 4 is 17.5 Å². The molecule has 0 aliphatic rings. The smallest absolute Gasteiger partial charge is 0.225 e. The van der Waals surface area contributed by atoms with Crippen LogP contribution in [0.3, 0.4) is 0 Å². The molecule has 0 saturated heterocycles. The number of nitrogens with one attached hydrogen (secondary N) is 2. The molecule has 1 aromatic heterocycles. The van der Waals surface area contributed by atoms with Gasteiger partial charge in [0.15, 0.2) is 0 Å². The van der Waals surface area contributed by atoms with E-state index >= 15 is 0 Å². The summed E-state index contributed by atoms with van der Waals surface area (Å²) in [4.78, 5) is 8.85. The lowest BCUT2D eigenvalue weighted by Crippen LogP contribution is -2.21. The minimum absolute atomic E-state index is 0.0792. The zero-order valence-corrected chi connectivity index (χ0v) is 14.6. The second-order valence-corrected chi connectivity index (χ2v) is 5.96. The molecule has 0 bridgehead atoms. The highest BCUT2D eigenvalue weighted by atomic mass is 19.1. The van der Waals surface area contributed by atoms with Crippen molar-refractivity contribution in [3.05, 3.63) is 66.0 Å². The monoisotopic (exact) mass is 363 g/mol. The van der Waals surface area contributed by atoms with Crippen molar-refractivity contribution in [2.24, 2.45) is 0 Å². The fourth-order valence-electron chi connectivity index (χ4n) is 2.48. The number of nitrogens with zero attached hydrogens (tertiary/aromatic N) is 3. The predicted molar refractivity (Wildman–Crippen MR) is 102 cm³/mol. The summed E-state index contributed by atoms with van der Waals surface area (Å²) in [6, 6.07) is 17.2. The maximum atomic E-state index is 13.9. The van der Waals surface area contributed by atoms with Gasteiger partial charge in [-0.2, -0.15) is 10.2 Å². The van der Waals surface area contributed by atoms with Gasteiger partial charge in [0.05, 0.1) is 18.0 Å². The molecule has 0 saturated carbocycles. The summed E-state index contributed by atoms with van der Waals surface area (Å²) in [6.45, 7) is 1.72. The van der Waals surface area contributed by atoms with Gasteiger partial charge in [-0.3, -0.25) is 0 Å². The molecule has 0 aliphatic heterocycles. The van der Waals surface area contributed by atoms with Crippen LogP contribution in [0, 0.1) is 17.1 Å². The predicted octanol–water partition coefficient (Wildman–Crippen LogP) is 3.69. The van der Waals surface area contributed by atoms with E-state index in [0.717, 1.165) is 5.56 Å². The largest absolute Gasteiger partial charge is 0.394 e. The maximum absolute atomic E-state index is 13.9. The number of aromatic nitrogens is 2. The van der Waals surface area contributed by atoms with Crippen LogP contribution in [0.5, 0.6) is 0 Å². The summed E-state index contributed by atoms with van der Waals surface area (Å²) in [5.41, 5.74) is 1.75. The third-order valence-corrected chi connectivity index (χ3v) is 3.83. The number of aliphatic hydroxyl groups is 1. The second kappa shape index (κ2) is 8.25. The third-order valence-electron chi connectivity index (χ3n) is 3.83. The van der Waals surface area contributed by atoms with Crippen molar-refractivity contribution < 1.29 is 9.50 Å².